The lowest BCUT2D eigenvalue weighted by Gasteiger charge is -2.18. The van der Waals surface area contributed by atoms with Crippen molar-refractivity contribution in [2.75, 3.05) is 20.8 Å². The number of hydrogen-bond donors (Lipinski definition) is 1. The monoisotopic (exact) mass is 301 g/mol. The van der Waals surface area contributed by atoms with Gasteiger partial charge in [0.1, 0.15) is 0 Å². The van der Waals surface area contributed by atoms with Crippen molar-refractivity contribution in [3.05, 3.63) is 34.3 Å². The maximum atomic E-state index is 5.12. The third-order valence-electron chi connectivity index (χ3n) is 2.61. The van der Waals surface area contributed by atoms with Crippen molar-refractivity contribution in [2.24, 2.45) is 0 Å². The highest BCUT2D eigenvalue weighted by Crippen LogP contribution is 2.11. The average molecular weight is 302 g/mol. The van der Waals surface area contributed by atoms with Crippen LogP contribution in [0.3, 0.4) is 0 Å². The zero-order chi connectivity index (χ0) is 12.7. The molecule has 1 atom stereocenters. The molecule has 1 N–H and O–H groups in total. The van der Waals surface area contributed by atoms with Crippen molar-refractivity contribution in [1.82, 2.24) is 5.32 Å². The Kier molecular flexibility index (Phi) is 6.73. The zero-order valence-electron chi connectivity index (χ0n) is 10.6. The molecule has 0 spiro atoms. The van der Waals surface area contributed by atoms with E-state index in [4.69, 9.17) is 9.47 Å². The molecule has 0 heterocycles. The van der Waals surface area contributed by atoms with Crippen LogP contribution >= 0.6 is 15.9 Å². The fourth-order valence-electron chi connectivity index (χ4n) is 1.61. The highest BCUT2D eigenvalue weighted by Gasteiger charge is 2.08. The van der Waals surface area contributed by atoms with Crippen LogP contribution in [0.1, 0.15) is 12.5 Å². The molecular formula is C13H20BrNO2. The van der Waals surface area contributed by atoms with E-state index in [2.05, 4.69) is 52.4 Å². The fourth-order valence-corrected chi connectivity index (χ4v) is 1.87. The summed E-state index contributed by atoms with van der Waals surface area (Å²) in [4.78, 5) is 0. The molecule has 0 radical (unpaired) electrons. The minimum absolute atomic E-state index is 0.178. The highest BCUT2D eigenvalue weighted by atomic mass is 79.9. The first-order valence-electron chi connectivity index (χ1n) is 5.69. The Morgan fingerprint density at radius 2 is 1.76 bits per heavy atom. The molecule has 0 aliphatic heterocycles. The van der Waals surface area contributed by atoms with Gasteiger partial charge in [-0.05, 0) is 31.0 Å². The molecule has 96 valence electrons. The van der Waals surface area contributed by atoms with Gasteiger partial charge in [0.2, 0.25) is 0 Å². The van der Waals surface area contributed by atoms with Crippen molar-refractivity contribution < 1.29 is 9.47 Å². The molecule has 0 bridgehead atoms. The van der Waals surface area contributed by atoms with Gasteiger partial charge < -0.3 is 14.8 Å². The normalized spacial score (nSPS) is 13.0. The van der Waals surface area contributed by atoms with E-state index in [9.17, 15) is 0 Å². The number of halogens is 1. The van der Waals surface area contributed by atoms with Crippen molar-refractivity contribution in [3.63, 3.8) is 0 Å². The lowest BCUT2D eigenvalue weighted by molar-refractivity contribution is -0.0996. The summed E-state index contributed by atoms with van der Waals surface area (Å²) < 4.78 is 11.4. The number of methoxy groups -OCH3 is 2. The van der Waals surface area contributed by atoms with E-state index in [0.717, 1.165) is 10.9 Å². The SMILES string of the molecule is COC(CNC(C)Cc1ccc(Br)cc1)OC. The zero-order valence-corrected chi connectivity index (χ0v) is 12.2. The van der Waals surface area contributed by atoms with Gasteiger partial charge in [0.05, 0.1) is 0 Å². The summed E-state index contributed by atoms with van der Waals surface area (Å²) in [6.07, 6.45) is 0.815. The molecule has 0 fully saturated rings. The van der Waals surface area contributed by atoms with Gasteiger partial charge in [0.25, 0.3) is 0 Å². The Hall–Kier alpha value is -0.420. The topological polar surface area (TPSA) is 30.5 Å². The van der Waals surface area contributed by atoms with Gasteiger partial charge in [-0.2, -0.15) is 0 Å². The number of hydrogen-bond acceptors (Lipinski definition) is 3. The fraction of sp³-hybridized carbons (Fsp3) is 0.538. The van der Waals surface area contributed by atoms with Gasteiger partial charge in [-0.1, -0.05) is 28.1 Å². The molecule has 1 unspecified atom stereocenters. The molecule has 0 aromatic heterocycles. The summed E-state index contributed by atoms with van der Waals surface area (Å²) in [6.45, 7) is 2.86. The molecule has 0 aliphatic carbocycles. The molecule has 4 heteroatoms. The van der Waals surface area contributed by atoms with Crippen molar-refractivity contribution >= 4 is 15.9 Å². The summed E-state index contributed by atoms with van der Waals surface area (Å²) >= 11 is 3.43. The van der Waals surface area contributed by atoms with Gasteiger partial charge in [0.15, 0.2) is 6.29 Å². The number of ether oxygens (including phenoxy) is 2. The molecule has 0 saturated carbocycles. The molecule has 0 saturated heterocycles. The molecule has 1 rings (SSSR count). The van der Waals surface area contributed by atoms with Crippen LogP contribution in [-0.4, -0.2) is 33.1 Å². The molecule has 0 amide bonds. The number of rotatable bonds is 7. The predicted octanol–water partition coefficient (Wildman–Crippen LogP) is 2.59. The third kappa shape index (κ3) is 5.64. The van der Waals surface area contributed by atoms with Crippen molar-refractivity contribution in [2.45, 2.75) is 25.7 Å². The summed E-state index contributed by atoms with van der Waals surface area (Å²) in [6, 6.07) is 8.78. The molecule has 1 aromatic carbocycles. The first kappa shape index (κ1) is 14.6. The molecule has 0 aliphatic rings. The van der Waals surface area contributed by atoms with Crippen LogP contribution < -0.4 is 5.32 Å². The van der Waals surface area contributed by atoms with Crippen LogP contribution in [0.15, 0.2) is 28.7 Å². The smallest absolute Gasteiger partial charge is 0.169 e. The van der Waals surface area contributed by atoms with E-state index in [-0.39, 0.29) is 6.29 Å². The summed E-state index contributed by atoms with van der Waals surface area (Å²) in [7, 11) is 3.30. The van der Waals surface area contributed by atoms with E-state index >= 15 is 0 Å². The Labute approximate surface area is 112 Å². The quantitative estimate of drug-likeness (QED) is 0.785. The number of benzene rings is 1. The van der Waals surface area contributed by atoms with E-state index in [1.54, 1.807) is 14.2 Å². The second-order valence-electron chi connectivity index (χ2n) is 4.04. The van der Waals surface area contributed by atoms with Crippen LogP contribution in [0, 0.1) is 0 Å². The van der Waals surface area contributed by atoms with E-state index in [1.165, 1.54) is 5.56 Å². The molecular weight excluding hydrogens is 282 g/mol. The molecule has 3 nitrogen and oxygen atoms in total. The Balaban J connectivity index is 2.34. The largest absolute Gasteiger partial charge is 0.355 e. The minimum Gasteiger partial charge on any atom is -0.355 e. The second-order valence-corrected chi connectivity index (χ2v) is 4.96. The van der Waals surface area contributed by atoms with Crippen molar-refractivity contribution in [3.8, 4) is 0 Å². The van der Waals surface area contributed by atoms with E-state index in [0.29, 0.717) is 12.6 Å². The Morgan fingerprint density at radius 1 is 1.18 bits per heavy atom. The van der Waals surface area contributed by atoms with Crippen LogP contribution in [0.5, 0.6) is 0 Å². The molecule has 17 heavy (non-hydrogen) atoms. The van der Waals surface area contributed by atoms with Crippen LogP contribution in [0.4, 0.5) is 0 Å². The first-order chi connectivity index (χ1) is 8.15. The summed E-state index contributed by atoms with van der Waals surface area (Å²) in [5.41, 5.74) is 1.32. The highest BCUT2D eigenvalue weighted by molar-refractivity contribution is 9.10. The van der Waals surface area contributed by atoms with Gasteiger partial charge in [-0.15, -0.1) is 0 Å². The molecule has 1 aromatic rings. The van der Waals surface area contributed by atoms with Crippen LogP contribution in [0.25, 0.3) is 0 Å². The summed E-state index contributed by atoms with van der Waals surface area (Å²) in [5.74, 6) is 0. The van der Waals surface area contributed by atoms with Crippen LogP contribution in [0.2, 0.25) is 0 Å². The van der Waals surface area contributed by atoms with Gasteiger partial charge in [0, 0.05) is 31.3 Å². The first-order valence-corrected chi connectivity index (χ1v) is 6.48. The van der Waals surface area contributed by atoms with Gasteiger partial charge in [-0.3, -0.25) is 0 Å². The minimum atomic E-state index is -0.178. The van der Waals surface area contributed by atoms with Crippen LogP contribution in [-0.2, 0) is 15.9 Å². The van der Waals surface area contributed by atoms with Gasteiger partial charge >= 0.3 is 0 Å². The number of nitrogens with one attached hydrogen (secondary N) is 1. The lowest BCUT2D eigenvalue weighted by Crippen LogP contribution is -2.36. The Morgan fingerprint density at radius 3 is 2.29 bits per heavy atom. The third-order valence-corrected chi connectivity index (χ3v) is 3.14. The second kappa shape index (κ2) is 7.82. The Bertz CT molecular complexity index is 312. The van der Waals surface area contributed by atoms with E-state index in [1.807, 2.05) is 0 Å². The maximum Gasteiger partial charge on any atom is 0.169 e. The summed E-state index contributed by atoms with van der Waals surface area (Å²) in [5, 5.41) is 3.39. The maximum absolute atomic E-state index is 5.12. The van der Waals surface area contributed by atoms with Gasteiger partial charge in [-0.25, -0.2) is 0 Å². The average Bonchev–Trinajstić information content (AvgIpc) is 2.33. The standard InChI is InChI=1S/C13H20BrNO2/c1-10(15-9-13(16-2)17-3)8-11-4-6-12(14)7-5-11/h4-7,10,13,15H,8-9H2,1-3H3. The van der Waals surface area contributed by atoms with Crippen molar-refractivity contribution in [1.29, 1.82) is 0 Å². The predicted molar refractivity (Wildman–Crippen MR) is 73.1 cm³/mol. The lowest BCUT2D eigenvalue weighted by atomic mass is 10.1. The van der Waals surface area contributed by atoms with E-state index < -0.39 is 0 Å².